The normalized spacial score (nSPS) is 11.6. The van der Waals surface area contributed by atoms with Crippen LogP contribution in [-0.4, -0.2) is 38.8 Å². The molecule has 0 aliphatic carbocycles. The third-order valence-electron chi connectivity index (χ3n) is 3.49. The molecule has 0 saturated heterocycles. The van der Waals surface area contributed by atoms with Crippen LogP contribution in [0.5, 0.6) is 5.75 Å². The molecular formula is C17H20N4O5S. The van der Waals surface area contributed by atoms with Gasteiger partial charge in [0.15, 0.2) is 11.0 Å². The fraction of sp³-hybridized carbons (Fsp3) is 0.294. The number of aromatic nitrogens is 2. The summed E-state index contributed by atoms with van der Waals surface area (Å²) in [6.45, 7) is 4.07. The van der Waals surface area contributed by atoms with Crippen LogP contribution in [0, 0.1) is 0 Å². The molecule has 1 heterocycles. The molecule has 27 heavy (non-hydrogen) atoms. The van der Waals surface area contributed by atoms with E-state index >= 15 is 0 Å². The van der Waals surface area contributed by atoms with E-state index in [0.717, 1.165) is 11.8 Å². The Balaban J connectivity index is 2.17. The molecule has 0 spiro atoms. The van der Waals surface area contributed by atoms with Crippen LogP contribution >= 0.6 is 11.8 Å². The van der Waals surface area contributed by atoms with Crippen LogP contribution in [-0.2, 0) is 4.79 Å². The topological polar surface area (TPSA) is 147 Å². The number of carbonyl (C=O) groups is 2. The van der Waals surface area contributed by atoms with Gasteiger partial charge in [0.1, 0.15) is 16.7 Å². The molecule has 2 aromatic rings. The van der Waals surface area contributed by atoms with Crippen LogP contribution in [0.4, 0.5) is 11.5 Å². The molecular weight excluding hydrogens is 372 g/mol. The van der Waals surface area contributed by atoms with Gasteiger partial charge in [0, 0.05) is 5.56 Å². The van der Waals surface area contributed by atoms with E-state index in [1.165, 1.54) is 0 Å². The minimum atomic E-state index is -1.02. The molecule has 1 aromatic heterocycles. The van der Waals surface area contributed by atoms with Crippen LogP contribution in [0.3, 0.4) is 0 Å². The molecule has 1 aromatic carbocycles. The van der Waals surface area contributed by atoms with Crippen LogP contribution in [0.1, 0.15) is 30.6 Å². The predicted molar refractivity (Wildman–Crippen MR) is 102 cm³/mol. The van der Waals surface area contributed by atoms with E-state index < -0.39 is 22.7 Å². The van der Waals surface area contributed by atoms with Gasteiger partial charge < -0.3 is 20.9 Å². The highest BCUT2D eigenvalue weighted by Gasteiger charge is 2.20. The average molecular weight is 392 g/mol. The highest BCUT2D eigenvalue weighted by Crippen LogP contribution is 2.23. The number of nitrogens with zero attached hydrogens (tertiary/aromatic N) is 1. The Hall–Kier alpha value is -3.01. The summed E-state index contributed by atoms with van der Waals surface area (Å²) < 4.78 is 5.31. The Bertz CT molecular complexity index is 882. The minimum absolute atomic E-state index is 0.0748. The van der Waals surface area contributed by atoms with Gasteiger partial charge in [0.2, 0.25) is 0 Å². The van der Waals surface area contributed by atoms with Gasteiger partial charge in [0.05, 0.1) is 6.61 Å². The zero-order chi connectivity index (χ0) is 20.0. The Morgan fingerprint density at radius 2 is 2.00 bits per heavy atom. The summed E-state index contributed by atoms with van der Waals surface area (Å²) in [4.78, 5) is 42.1. The Labute approximate surface area is 159 Å². The smallest absolute Gasteiger partial charge is 0.317 e. The number of nitrogen functional groups attached to an aromatic ring is 1. The van der Waals surface area contributed by atoms with E-state index in [0.29, 0.717) is 24.3 Å². The maximum absolute atomic E-state index is 12.3. The van der Waals surface area contributed by atoms with Crippen molar-refractivity contribution in [1.82, 2.24) is 9.97 Å². The van der Waals surface area contributed by atoms with E-state index in [9.17, 15) is 14.4 Å². The summed E-state index contributed by atoms with van der Waals surface area (Å²) in [6, 6.07) is 6.39. The van der Waals surface area contributed by atoms with Gasteiger partial charge in [-0.2, -0.15) is 0 Å². The zero-order valence-electron chi connectivity index (χ0n) is 14.8. The molecule has 1 amide bonds. The summed E-state index contributed by atoms with van der Waals surface area (Å²) in [6.07, 6.45) is 0.347. The van der Waals surface area contributed by atoms with Crippen LogP contribution in [0.15, 0.2) is 34.2 Å². The van der Waals surface area contributed by atoms with Crippen LogP contribution in [0.25, 0.3) is 0 Å². The van der Waals surface area contributed by atoms with Crippen molar-refractivity contribution in [2.75, 3.05) is 17.7 Å². The fourth-order valence-electron chi connectivity index (χ4n) is 2.14. The lowest BCUT2D eigenvalue weighted by atomic mass is 10.2. The van der Waals surface area contributed by atoms with Gasteiger partial charge in [-0.3, -0.25) is 19.4 Å². The second kappa shape index (κ2) is 9.08. The van der Waals surface area contributed by atoms with Gasteiger partial charge in [0.25, 0.3) is 11.5 Å². The maximum atomic E-state index is 12.3. The molecule has 0 fully saturated rings. The lowest BCUT2D eigenvalue weighted by molar-refractivity contribution is -0.136. The number of rotatable bonds is 8. The number of thioether (sulfide) groups is 1. The molecule has 0 saturated carbocycles. The minimum Gasteiger partial charge on any atom is -0.494 e. The first-order chi connectivity index (χ1) is 12.8. The molecule has 1 atom stereocenters. The lowest BCUT2D eigenvalue weighted by Crippen LogP contribution is -2.24. The molecule has 0 aliphatic heterocycles. The molecule has 5 N–H and O–H groups in total. The predicted octanol–water partition coefficient (Wildman–Crippen LogP) is 1.96. The quantitative estimate of drug-likeness (QED) is 0.394. The highest BCUT2D eigenvalue weighted by molar-refractivity contribution is 8.00. The number of ether oxygens (including phenoxy) is 1. The van der Waals surface area contributed by atoms with Gasteiger partial charge in [-0.05, 0) is 37.6 Å². The Morgan fingerprint density at radius 3 is 2.52 bits per heavy atom. The van der Waals surface area contributed by atoms with Crippen molar-refractivity contribution in [3.63, 3.8) is 0 Å². The molecule has 144 valence electrons. The average Bonchev–Trinajstić information content (AvgIpc) is 2.63. The van der Waals surface area contributed by atoms with Gasteiger partial charge in [-0.1, -0.05) is 18.7 Å². The van der Waals surface area contributed by atoms with E-state index in [1.54, 1.807) is 31.2 Å². The first-order valence-electron chi connectivity index (χ1n) is 8.19. The molecule has 9 nitrogen and oxygen atoms in total. The van der Waals surface area contributed by atoms with Crippen LogP contribution < -0.4 is 21.3 Å². The van der Waals surface area contributed by atoms with Gasteiger partial charge in [-0.25, -0.2) is 4.98 Å². The molecule has 0 aliphatic rings. The monoisotopic (exact) mass is 392 g/mol. The standard InChI is InChI=1S/C17H20N4O5S/c1-3-11(16(24)25)27-17-20-13(18)12(15(23)21-17)19-14(22)9-5-7-10(8-6-9)26-4-2/h5-8,11H,3-4H2,1-2H3,(H,19,22)(H,24,25)(H3,18,20,21,23)/t11-/m0/s1. The first kappa shape index (κ1) is 20.3. The van der Waals surface area contributed by atoms with E-state index in [4.69, 9.17) is 15.6 Å². The first-order valence-corrected chi connectivity index (χ1v) is 9.07. The number of hydrogen-bond acceptors (Lipinski definition) is 7. The number of aliphatic carboxylic acids is 1. The van der Waals surface area contributed by atoms with Gasteiger partial charge >= 0.3 is 5.97 Å². The van der Waals surface area contributed by atoms with Crippen molar-refractivity contribution >= 4 is 35.1 Å². The Kier molecular flexibility index (Phi) is 6.83. The second-order valence-corrected chi connectivity index (χ2v) is 6.59. The third-order valence-corrected chi connectivity index (χ3v) is 4.73. The molecule has 10 heteroatoms. The number of benzene rings is 1. The third kappa shape index (κ3) is 5.23. The number of carboxylic acids is 1. The summed E-state index contributed by atoms with van der Waals surface area (Å²) >= 11 is 0.883. The number of carbonyl (C=O) groups excluding carboxylic acids is 1. The number of anilines is 2. The second-order valence-electron chi connectivity index (χ2n) is 5.40. The molecule has 0 unspecified atom stereocenters. The van der Waals surface area contributed by atoms with Crippen LogP contribution in [0.2, 0.25) is 0 Å². The number of hydrogen-bond donors (Lipinski definition) is 4. The summed E-state index contributed by atoms with van der Waals surface area (Å²) in [5, 5.41) is 10.8. The SMILES string of the molecule is CCOc1ccc(C(=O)Nc2c(N)nc(S[C@@H](CC)C(=O)O)[nH]c2=O)cc1. The molecule has 0 radical (unpaired) electrons. The maximum Gasteiger partial charge on any atom is 0.317 e. The number of nitrogens with one attached hydrogen (secondary N) is 2. The Morgan fingerprint density at radius 1 is 1.33 bits per heavy atom. The van der Waals surface area contributed by atoms with E-state index in [1.807, 2.05) is 6.92 Å². The lowest BCUT2D eigenvalue weighted by Gasteiger charge is -2.11. The number of aromatic amines is 1. The summed E-state index contributed by atoms with van der Waals surface area (Å²) in [5.74, 6) is -1.12. The summed E-state index contributed by atoms with van der Waals surface area (Å²) in [7, 11) is 0. The number of H-pyrrole nitrogens is 1. The van der Waals surface area contributed by atoms with E-state index in [-0.39, 0.29) is 16.7 Å². The number of carboxylic acid groups (broad SMARTS) is 1. The van der Waals surface area contributed by atoms with Crippen molar-refractivity contribution < 1.29 is 19.4 Å². The highest BCUT2D eigenvalue weighted by atomic mass is 32.2. The molecule has 0 bridgehead atoms. The summed E-state index contributed by atoms with van der Waals surface area (Å²) in [5.41, 5.74) is 5.24. The largest absolute Gasteiger partial charge is 0.494 e. The van der Waals surface area contributed by atoms with Crippen molar-refractivity contribution in [3.05, 3.63) is 40.2 Å². The van der Waals surface area contributed by atoms with E-state index in [2.05, 4.69) is 15.3 Å². The van der Waals surface area contributed by atoms with Crippen molar-refractivity contribution in [3.8, 4) is 5.75 Å². The zero-order valence-corrected chi connectivity index (χ0v) is 15.6. The van der Waals surface area contributed by atoms with Crippen molar-refractivity contribution in [1.29, 1.82) is 0 Å². The number of amides is 1. The van der Waals surface area contributed by atoms with Gasteiger partial charge in [-0.15, -0.1) is 0 Å². The molecule has 2 rings (SSSR count). The van der Waals surface area contributed by atoms with Crippen molar-refractivity contribution in [2.45, 2.75) is 30.7 Å². The van der Waals surface area contributed by atoms with Crippen molar-refractivity contribution in [2.24, 2.45) is 0 Å². The number of nitrogens with two attached hydrogens (primary N) is 1. The fourth-order valence-corrected chi connectivity index (χ4v) is 2.98.